The Labute approximate surface area is 114 Å². The van der Waals surface area contributed by atoms with Crippen LogP contribution < -0.4 is 4.74 Å². The van der Waals surface area contributed by atoms with Crippen molar-refractivity contribution in [3.05, 3.63) is 40.1 Å². The van der Waals surface area contributed by atoms with Crippen LogP contribution in [0.1, 0.15) is 20.0 Å². The van der Waals surface area contributed by atoms with Crippen molar-refractivity contribution in [3.8, 4) is 16.9 Å². The third-order valence-electron chi connectivity index (χ3n) is 2.72. The zero-order valence-electron chi connectivity index (χ0n) is 10.5. The molecule has 5 heteroatoms. The van der Waals surface area contributed by atoms with E-state index in [1.165, 1.54) is 25.6 Å². The number of thiophene rings is 1. The maximum absolute atomic E-state index is 11.8. The van der Waals surface area contributed by atoms with Crippen LogP contribution in [0.15, 0.2) is 29.6 Å². The number of benzene rings is 1. The van der Waals surface area contributed by atoms with E-state index in [4.69, 9.17) is 9.47 Å². The zero-order valence-corrected chi connectivity index (χ0v) is 11.3. The highest BCUT2D eigenvalue weighted by atomic mass is 32.1. The molecule has 0 saturated carbocycles. The van der Waals surface area contributed by atoms with E-state index in [2.05, 4.69) is 0 Å². The molecule has 0 aliphatic heterocycles. The van der Waals surface area contributed by atoms with Crippen LogP contribution in [0, 0.1) is 0 Å². The molecule has 2 rings (SSSR count). The summed E-state index contributed by atoms with van der Waals surface area (Å²) in [6.45, 7) is 0. The molecular formula is C14H12O4S. The zero-order chi connectivity index (χ0) is 13.8. The fourth-order valence-electron chi connectivity index (χ4n) is 1.80. The SMILES string of the molecule is COC(=O)c1cc(OC)ccc1-c1ccsc1C=O. The molecule has 0 amide bonds. The topological polar surface area (TPSA) is 52.6 Å². The number of hydrogen-bond donors (Lipinski definition) is 0. The highest BCUT2D eigenvalue weighted by Gasteiger charge is 2.17. The summed E-state index contributed by atoms with van der Waals surface area (Å²) >= 11 is 1.33. The van der Waals surface area contributed by atoms with Crippen molar-refractivity contribution in [1.29, 1.82) is 0 Å². The molecule has 1 aromatic carbocycles. The van der Waals surface area contributed by atoms with E-state index in [1.807, 2.05) is 11.4 Å². The molecule has 1 aromatic heterocycles. The number of carbonyl (C=O) groups is 2. The molecule has 0 saturated heterocycles. The summed E-state index contributed by atoms with van der Waals surface area (Å²) in [7, 11) is 2.84. The Bertz CT molecular complexity index is 616. The van der Waals surface area contributed by atoms with Crippen LogP contribution in [-0.2, 0) is 4.74 Å². The van der Waals surface area contributed by atoms with Crippen LogP contribution in [0.4, 0.5) is 0 Å². The number of esters is 1. The molecule has 0 unspecified atom stereocenters. The van der Waals surface area contributed by atoms with E-state index in [0.717, 1.165) is 11.8 Å². The number of aldehydes is 1. The van der Waals surface area contributed by atoms with Crippen LogP contribution in [-0.4, -0.2) is 26.5 Å². The summed E-state index contributed by atoms with van der Waals surface area (Å²) in [5, 5.41) is 1.81. The van der Waals surface area contributed by atoms with Crippen molar-refractivity contribution in [2.45, 2.75) is 0 Å². The van der Waals surface area contributed by atoms with Crippen LogP contribution in [0.2, 0.25) is 0 Å². The summed E-state index contributed by atoms with van der Waals surface area (Å²) in [4.78, 5) is 23.4. The lowest BCUT2D eigenvalue weighted by molar-refractivity contribution is 0.0601. The highest BCUT2D eigenvalue weighted by molar-refractivity contribution is 7.12. The minimum atomic E-state index is -0.461. The van der Waals surface area contributed by atoms with Gasteiger partial charge in [0.25, 0.3) is 0 Å². The molecule has 4 nitrogen and oxygen atoms in total. The minimum Gasteiger partial charge on any atom is -0.497 e. The van der Waals surface area contributed by atoms with Gasteiger partial charge < -0.3 is 9.47 Å². The summed E-state index contributed by atoms with van der Waals surface area (Å²) in [5.41, 5.74) is 1.77. The Kier molecular flexibility index (Phi) is 3.97. The van der Waals surface area contributed by atoms with Gasteiger partial charge in [-0.25, -0.2) is 4.79 Å². The maximum atomic E-state index is 11.8. The summed E-state index contributed by atoms with van der Waals surface area (Å²) in [5.74, 6) is 0.101. The minimum absolute atomic E-state index is 0.378. The lowest BCUT2D eigenvalue weighted by Crippen LogP contribution is -2.04. The van der Waals surface area contributed by atoms with Gasteiger partial charge in [-0.05, 0) is 35.2 Å². The molecule has 0 aliphatic rings. The second-order valence-electron chi connectivity index (χ2n) is 3.72. The number of rotatable bonds is 4. The Morgan fingerprint density at radius 2 is 2.00 bits per heavy atom. The standard InChI is InChI=1S/C14H12O4S/c1-17-9-3-4-10(12(7-9)14(16)18-2)11-5-6-19-13(11)8-15/h3-8H,1-2H3. The van der Waals surface area contributed by atoms with Crippen LogP contribution in [0.3, 0.4) is 0 Å². The van der Waals surface area contributed by atoms with Gasteiger partial charge in [0.1, 0.15) is 5.75 Å². The van der Waals surface area contributed by atoms with E-state index < -0.39 is 5.97 Å². The van der Waals surface area contributed by atoms with Crippen molar-refractivity contribution < 1.29 is 19.1 Å². The van der Waals surface area contributed by atoms with Gasteiger partial charge in [0, 0.05) is 5.56 Å². The predicted molar refractivity (Wildman–Crippen MR) is 73.0 cm³/mol. The molecule has 0 radical (unpaired) electrons. The third kappa shape index (κ3) is 2.51. The molecule has 0 spiro atoms. The second-order valence-corrected chi connectivity index (χ2v) is 4.67. The molecule has 98 valence electrons. The lowest BCUT2D eigenvalue weighted by Gasteiger charge is -2.09. The fraction of sp³-hybridized carbons (Fsp3) is 0.143. The average molecular weight is 276 g/mol. The monoisotopic (exact) mass is 276 g/mol. The number of ether oxygens (including phenoxy) is 2. The summed E-state index contributed by atoms with van der Waals surface area (Å²) < 4.78 is 9.87. The molecule has 0 bridgehead atoms. The number of methoxy groups -OCH3 is 2. The van der Waals surface area contributed by atoms with Crippen molar-refractivity contribution in [3.63, 3.8) is 0 Å². The first kappa shape index (κ1) is 13.3. The van der Waals surface area contributed by atoms with Crippen molar-refractivity contribution >= 4 is 23.6 Å². The van der Waals surface area contributed by atoms with Gasteiger partial charge in [-0.3, -0.25) is 4.79 Å². The van der Waals surface area contributed by atoms with E-state index >= 15 is 0 Å². The normalized spacial score (nSPS) is 10.0. The van der Waals surface area contributed by atoms with E-state index in [-0.39, 0.29) is 0 Å². The first-order chi connectivity index (χ1) is 9.21. The first-order valence-electron chi connectivity index (χ1n) is 5.50. The lowest BCUT2D eigenvalue weighted by atomic mass is 10.00. The van der Waals surface area contributed by atoms with Gasteiger partial charge in [0.15, 0.2) is 6.29 Å². The molecule has 19 heavy (non-hydrogen) atoms. The largest absolute Gasteiger partial charge is 0.497 e. The Balaban J connectivity index is 2.62. The van der Waals surface area contributed by atoms with E-state index in [0.29, 0.717) is 21.8 Å². The number of carbonyl (C=O) groups excluding carboxylic acids is 2. The molecule has 0 N–H and O–H groups in total. The van der Waals surface area contributed by atoms with E-state index in [9.17, 15) is 9.59 Å². The van der Waals surface area contributed by atoms with Crippen molar-refractivity contribution in [2.24, 2.45) is 0 Å². The Hall–Kier alpha value is -2.14. The quantitative estimate of drug-likeness (QED) is 0.636. The van der Waals surface area contributed by atoms with E-state index in [1.54, 1.807) is 18.2 Å². The van der Waals surface area contributed by atoms with Gasteiger partial charge in [0.05, 0.1) is 24.7 Å². The van der Waals surface area contributed by atoms with Crippen LogP contribution in [0.25, 0.3) is 11.1 Å². The van der Waals surface area contributed by atoms with Gasteiger partial charge in [-0.15, -0.1) is 11.3 Å². The Morgan fingerprint density at radius 1 is 1.21 bits per heavy atom. The van der Waals surface area contributed by atoms with Crippen LogP contribution >= 0.6 is 11.3 Å². The Morgan fingerprint density at radius 3 is 2.63 bits per heavy atom. The molecule has 1 heterocycles. The smallest absolute Gasteiger partial charge is 0.338 e. The molecule has 0 atom stereocenters. The van der Waals surface area contributed by atoms with Gasteiger partial charge in [0.2, 0.25) is 0 Å². The summed E-state index contributed by atoms with van der Waals surface area (Å²) in [6, 6.07) is 6.91. The maximum Gasteiger partial charge on any atom is 0.338 e. The van der Waals surface area contributed by atoms with Gasteiger partial charge >= 0.3 is 5.97 Å². The van der Waals surface area contributed by atoms with Crippen molar-refractivity contribution in [2.75, 3.05) is 14.2 Å². The molecule has 0 fully saturated rings. The predicted octanol–water partition coefficient (Wildman–Crippen LogP) is 3.02. The highest BCUT2D eigenvalue weighted by Crippen LogP contribution is 2.32. The average Bonchev–Trinajstić information content (AvgIpc) is 2.93. The van der Waals surface area contributed by atoms with Crippen LogP contribution in [0.5, 0.6) is 5.75 Å². The van der Waals surface area contributed by atoms with Crippen molar-refractivity contribution in [1.82, 2.24) is 0 Å². The molecule has 2 aromatic rings. The fourth-order valence-corrected chi connectivity index (χ4v) is 2.51. The van der Waals surface area contributed by atoms with Gasteiger partial charge in [-0.2, -0.15) is 0 Å². The third-order valence-corrected chi connectivity index (χ3v) is 3.57. The molecular weight excluding hydrogens is 264 g/mol. The molecule has 0 aliphatic carbocycles. The van der Waals surface area contributed by atoms with Gasteiger partial charge in [-0.1, -0.05) is 0 Å². The second kappa shape index (κ2) is 5.67. The first-order valence-corrected chi connectivity index (χ1v) is 6.38. The number of hydrogen-bond acceptors (Lipinski definition) is 5. The summed E-state index contributed by atoms with van der Waals surface area (Å²) in [6.07, 6.45) is 0.783.